The van der Waals surface area contributed by atoms with Crippen molar-refractivity contribution in [2.24, 2.45) is 0 Å². The van der Waals surface area contributed by atoms with Crippen molar-refractivity contribution in [2.75, 3.05) is 0 Å². The zero-order chi connectivity index (χ0) is 17.2. The number of nitrogens with one attached hydrogen (secondary N) is 1. The molecule has 0 bridgehead atoms. The number of hydrogen-bond donors (Lipinski definition) is 1. The largest absolute Gasteiger partial charge is 0.459 e. The smallest absolute Gasteiger partial charge is 0.287 e. The molecule has 1 amide bonds. The molecule has 0 saturated heterocycles. The van der Waals surface area contributed by atoms with Gasteiger partial charge in [0, 0.05) is 16.0 Å². The van der Waals surface area contributed by atoms with E-state index >= 15 is 0 Å². The molecule has 0 radical (unpaired) electrons. The Balaban J connectivity index is 1.44. The number of halogens is 1. The molecule has 0 spiro atoms. The number of hydrogen-bond acceptors (Lipinski definition) is 3. The second-order valence-corrected chi connectivity index (χ2v) is 6.04. The average Bonchev–Trinajstić information content (AvgIpc) is 3.27. The molecule has 25 heavy (non-hydrogen) atoms. The highest BCUT2D eigenvalue weighted by molar-refractivity contribution is 6.30. The first-order valence-corrected chi connectivity index (χ1v) is 8.18. The van der Waals surface area contributed by atoms with Gasteiger partial charge in [0.1, 0.15) is 17.1 Å². The van der Waals surface area contributed by atoms with Crippen LogP contribution in [-0.4, -0.2) is 5.91 Å². The van der Waals surface area contributed by atoms with Gasteiger partial charge in [-0.1, -0.05) is 29.8 Å². The van der Waals surface area contributed by atoms with Gasteiger partial charge in [-0.05, 0) is 48.5 Å². The minimum Gasteiger partial charge on any atom is -0.459 e. The fourth-order valence-corrected chi connectivity index (χ4v) is 2.72. The van der Waals surface area contributed by atoms with Crippen molar-refractivity contribution in [3.8, 4) is 11.3 Å². The quantitative estimate of drug-likeness (QED) is 0.544. The maximum absolute atomic E-state index is 12.2. The van der Waals surface area contributed by atoms with Crippen LogP contribution >= 0.6 is 11.6 Å². The maximum Gasteiger partial charge on any atom is 0.287 e. The molecule has 2 aromatic carbocycles. The summed E-state index contributed by atoms with van der Waals surface area (Å²) in [7, 11) is 0. The lowest BCUT2D eigenvalue weighted by atomic mass is 10.2. The lowest BCUT2D eigenvalue weighted by molar-refractivity contribution is 0.0922. The van der Waals surface area contributed by atoms with Crippen LogP contribution in [0.25, 0.3) is 22.3 Å². The molecule has 4 nitrogen and oxygen atoms in total. The average molecular weight is 352 g/mol. The normalized spacial score (nSPS) is 10.9. The number of rotatable bonds is 4. The first kappa shape index (κ1) is 15.5. The van der Waals surface area contributed by atoms with Gasteiger partial charge in [-0.15, -0.1) is 0 Å². The van der Waals surface area contributed by atoms with E-state index in [4.69, 9.17) is 20.4 Å². The summed E-state index contributed by atoms with van der Waals surface area (Å²) >= 11 is 5.89. The third kappa shape index (κ3) is 3.30. The van der Waals surface area contributed by atoms with Crippen LogP contribution < -0.4 is 5.32 Å². The highest BCUT2D eigenvalue weighted by Crippen LogP contribution is 2.24. The summed E-state index contributed by atoms with van der Waals surface area (Å²) in [5, 5.41) is 4.38. The van der Waals surface area contributed by atoms with Gasteiger partial charge < -0.3 is 14.2 Å². The molecule has 0 fully saturated rings. The molecule has 0 saturated carbocycles. The Morgan fingerprint density at radius 1 is 0.960 bits per heavy atom. The molecular weight excluding hydrogens is 338 g/mol. The van der Waals surface area contributed by atoms with Crippen molar-refractivity contribution >= 4 is 28.5 Å². The predicted octanol–water partition coefficient (Wildman–Crippen LogP) is 5.28. The number of amides is 1. The number of para-hydroxylation sites is 1. The Kier molecular flexibility index (Phi) is 4.04. The first-order valence-electron chi connectivity index (χ1n) is 7.80. The van der Waals surface area contributed by atoms with Gasteiger partial charge in [-0.2, -0.15) is 0 Å². The number of carbonyl (C=O) groups is 1. The van der Waals surface area contributed by atoms with Crippen LogP contribution in [0.2, 0.25) is 5.02 Å². The molecule has 0 aliphatic rings. The summed E-state index contributed by atoms with van der Waals surface area (Å²) in [4.78, 5) is 12.2. The van der Waals surface area contributed by atoms with Crippen molar-refractivity contribution in [2.45, 2.75) is 6.54 Å². The van der Waals surface area contributed by atoms with Crippen molar-refractivity contribution in [1.82, 2.24) is 5.32 Å². The molecule has 124 valence electrons. The van der Waals surface area contributed by atoms with Crippen molar-refractivity contribution in [3.63, 3.8) is 0 Å². The van der Waals surface area contributed by atoms with Gasteiger partial charge in [-0.25, -0.2) is 0 Å². The van der Waals surface area contributed by atoms with E-state index in [1.54, 1.807) is 6.07 Å². The van der Waals surface area contributed by atoms with E-state index in [9.17, 15) is 4.79 Å². The van der Waals surface area contributed by atoms with Crippen LogP contribution in [0.1, 0.15) is 16.3 Å². The van der Waals surface area contributed by atoms with Gasteiger partial charge in [-0.3, -0.25) is 4.79 Å². The molecule has 2 heterocycles. The van der Waals surface area contributed by atoms with E-state index in [0.29, 0.717) is 16.4 Å². The van der Waals surface area contributed by atoms with Crippen LogP contribution in [0, 0.1) is 0 Å². The predicted molar refractivity (Wildman–Crippen MR) is 96.5 cm³/mol. The van der Waals surface area contributed by atoms with Crippen molar-refractivity contribution < 1.29 is 13.6 Å². The van der Waals surface area contributed by atoms with E-state index in [1.165, 1.54) is 0 Å². The molecule has 0 aliphatic carbocycles. The van der Waals surface area contributed by atoms with Gasteiger partial charge in [0.15, 0.2) is 5.76 Å². The lowest BCUT2D eigenvalue weighted by Crippen LogP contribution is -2.21. The molecule has 0 aliphatic heterocycles. The summed E-state index contributed by atoms with van der Waals surface area (Å²) in [6, 6.07) is 20.3. The fourth-order valence-electron chi connectivity index (χ4n) is 2.59. The van der Waals surface area contributed by atoms with E-state index < -0.39 is 0 Å². The summed E-state index contributed by atoms with van der Waals surface area (Å²) in [6.07, 6.45) is 0. The summed E-state index contributed by atoms with van der Waals surface area (Å²) in [6.45, 7) is 0.281. The maximum atomic E-state index is 12.2. The Bertz CT molecular complexity index is 997. The minimum atomic E-state index is -0.277. The van der Waals surface area contributed by atoms with Gasteiger partial charge >= 0.3 is 0 Å². The van der Waals surface area contributed by atoms with Crippen molar-refractivity contribution in [1.29, 1.82) is 0 Å². The van der Waals surface area contributed by atoms with E-state index in [1.807, 2.05) is 60.7 Å². The highest BCUT2D eigenvalue weighted by atomic mass is 35.5. The van der Waals surface area contributed by atoms with E-state index in [-0.39, 0.29) is 18.2 Å². The number of fused-ring (bicyclic) bond motifs is 1. The summed E-state index contributed by atoms with van der Waals surface area (Å²) in [5.41, 5.74) is 1.62. The number of benzene rings is 2. The lowest BCUT2D eigenvalue weighted by Gasteiger charge is -2.01. The standard InChI is InChI=1S/C20H14ClNO3/c21-15-7-5-13(6-8-15)18-10-9-16(24-18)12-22-20(23)19-11-14-3-1-2-4-17(14)25-19/h1-11H,12H2,(H,22,23). The SMILES string of the molecule is O=C(NCc1ccc(-c2ccc(Cl)cc2)o1)c1cc2ccccc2o1. The summed E-state index contributed by atoms with van der Waals surface area (Å²) < 4.78 is 11.3. The molecular formula is C20H14ClNO3. The summed E-state index contributed by atoms with van der Waals surface area (Å²) in [5.74, 6) is 1.39. The van der Waals surface area contributed by atoms with Gasteiger partial charge in [0.05, 0.1) is 6.54 Å². The molecule has 0 atom stereocenters. The number of carbonyl (C=O) groups excluding carboxylic acids is 1. The molecule has 5 heteroatoms. The molecule has 0 unspecified atom stereocenters. The van der Waals surface area contributed by atoms with Gasteiger partial charge in [0.2, 0.25) is 0 Å². The van der Waals surface area contributed by atoms with Crippen LogP contribution in [0.15, 0.2) is 75.6 Å². The number of furan rings is 2. The first-order chi connectivity index (χ1) is 12.2. The third-order valence-electron chi connectivity index (χ3n) is 3.86. The monoisotopic (exact) mass is 351 g/mol. The van der Waals surface area contributed by atoms with Crippen LogP contribution in [0.4, 0.5) is 0 Å². The second-order valence-electron chi connectivity index (χ2n) is 5.60. The van der Waals surface area contributed by atoms with E-state index in [2.05, 4.69) is 5.32 Å². The molecule has 2 aromatic heterocycles. The highest BCUT2D eigenvalue weighted by Gasteiger charge is 2.13. The van der Waals surface area contributed by atoms with Crippen molar-refractivity contribution in [3.05, 3.63) is 83.3 Å². The topological polar surface area (TPSA) is 55.4 Å². The Morgan fingerprint density at radius 3 is 2.56 bits per heavy atom. The van der Waals surface area contributed by atoms with Crippen LogP contribution in [-0.2, 0) is 6.54 Å². The Labute approximate surface area is 149 Å². The fraction of sp³-hybridized carbons (Fsp3) is 0.0500. The molecule has 1 N–H and O–H groups in total. The van der Waals surface area contributed by atoms with E-state index in [0.717, 1.165) is 16.7 Å². The third-order valence-corrected chi connectivity index (χ3v) is 4.11. The molecule has 4 rings (SSSR count). The Hall–Kier alpha value is -2.98. The zero-order valence-corrected chi connectivity index (χ0v) is 13.9. The Morgan fingerprint density at radius 2 is 1.76 bits per heavy atom. The van der Waals surface area contributed by atoms with Crippen LogP contribution in [0.5, 0.6) is 0 Å². The van der Waals surface area contributed by atoms with Crippen LogP contribution in [0.3, 0.4) is 0 Å². The molecule has 4 aromatic rings. The minimum absolute atomic E-state index is 0.277. The second kappa shape index (κ2) is 6.49. The van der Waals surface area contributed by atoms with Gasteiger partial charge in [0.25, 0.3) is 5.91 Å². The zero-order valence-electron chi connectivity index (χ0n) is 13.2.